The molecule has 6 heteroatoms. The molecule has 4 nitrogen and oxygen atoms in total. The number of hydrogen-bond donors (Lipinski definition) is 2. The van der Waals surface area contributed by atoms with Crippen molar-refractivity contribution in [3.63, 3.8) is 0 Å². The van der Waals surface area contributed by atoms with Gasteiger partial charge < -0.3 is 10.6 Å². The third-order valence-corrected chi connectivity index (χ3v) is 3.77. The van der Waals surface area contributed by atoms with Crippen LogP contribution in [0.3, 0.4) is 0 Å². The highest BCUT2D eigenvalue weighted by Gasteiger charge is 2.17. The molecule has 0 spiro atoms. The summed E-state index contributed by atoms with van der Waals surface area (Å²) in [5.74, 6) is -1.02. The van der Waals surface area contributed by atoms with Gasteiger partial charge in [0.1, 0.15) is 11.9 Å². The molecule has 0 saturated carbocycles. The Labute approximate surface area is 126 Å². The predicted octanol–water partition coefficient (Wildman–Crippen LogP) is 2.32. The van der Waals surface area contributed by atoms with Gasteiger partial charge in [-0.05, 0) is 24.4 Å². The van der Waals surface area contributed by atoms with Crippen LogP contribution in [-0.4, -0.2) is 17.9 Å². The molecule has 2 amide bonds. The summed E-state index contributed by atoms with van der Waals surface area (Å²) in [5, 5.41) is 6.99. The normalized spacial score (nSPS) is 11.7. The Morgan fingerprint density at radius 1 is 1.24 bits per heavy atom. The largest absolute Gasteiger partial charge is 0.350 e. The van der Waals surface area contributed by atoms with Crippen LogP contribution in [0.15, 0.2) is 41.8 Å². The van der Waals surface area contributed by atoms with E-state index in [9.17, 15) is 14.0 Å². The van der Waals surface area contributed by atoms with E-state index in [2.05, 4.69) is 10.6 Å². The molecule has 1 aromatic heterocycles. The lowest BCUT2D eigenvalue weighted by Crippen LogP contribution is -2.44. The molecule has 0 aliphatic heterocycles. The van der Waals surface area contributed by atoms with Crippen molar-refractivity contribution in [2.45, 2.75) is 19.5 Å². The first-order valence-electron chi connectivity index (χ1n) is 6.43. The zero-order chi connectivity index (χ0) is 15.2. The molecule has 21 heavy (non-hydrogen) atoms. The molecule has 0 fully saturated rings. The molecule has 0 aliphatic carbocycles. The monoisotopic (exact) mass is 306 g/mol. The number of rotatable bonds is 5. The minimum atomic E-state index is -0.689. The highest BCUT2D eigenvalue weighted by Crippen LogP contribution is 2.08. The van der Waals surface area contributed by atoms with E-state index in [1.807, 2.05) is 0 Å². The Kier molecular flexibility index (Phi) is 5.05. The van der Waals surface area contributed by atoms with Crippen LogP contribution in [0.25, 0.3) is 0 Å². The first-order valence-corrected chi connectivity index (χ1v) is 7.31. The molecule has 1 aromatic carbocycles. The van der Waals surface area contributed by atoms with Gasteiger partial charge in [0.05, 0.1) is 4.88 Å². The average molecular weight is 306 g/mol. The minimum absolute atomic E-state index is 0.0880. The maximum absolute atomic E-state index is 13.4. The fourth-order valence-corrected chi connectivity index (χ4v) is 2.35. The summed E-state index contributed by atoms with van der Waals surface area (Å²) in [5.41, 5.74) is 0.405. The first kappa shape index (κ1) is 15.2. The fourth-order valence-electron chi connectivity index (χ4n) is 1.72. The number of carbonyl (C=O) groups excluding carboxylic acids is 2. The first-order chi connectivity index (χ1) is 10.1. The summed E-state index contributed by atoms with van der Waals surface area (Å²) in [6.45, 7) is 1.67. The van der Waals surface area contributed by atoms with Crippen LogP contribution in [0.1, 0.15) is 22.2 Å². The zero-order valence-corrected chi connectivity index (χ0v) is 12.2. The average Bonchev–Trinajstić information content (AvgIpc) is 3.00. The van der Waals surface area contributed by atoms with Crippen LogP contribution in [-0.2, 0) is 11.3 Å². The SMILES string of the molecule is CC(NC(=O)c1cccs1)C(=O)NCc1ccccc1F. The molecule has 0 radical (unpaired) electrons. The molecule has 1 heterocycles. The number of thiophene rings is 1. The van der Waals surface area contributed by atoms with Crippen LogP contribution >= 0.6 is 11.3 Å². The van der Waals surface area contributed by atoms with E-state index >= 15 is 0 Å². The summed E-state index contributed by atoms with van der Waals surface area (Å²) in [4.78, 5) is 24.2. The van der Waals surface area contributed by atoms with E-state index in [1.165, 1.54) is 17.4 Å². The molecule has 1 atom stereocenters. The predicted molar refractivity (Wildman–Crippen MR) is 79.5 cm³/mol. The van der Waals surface area contributed by atoms with Crippen LogP contribution < -0.4 is 10.6 Å². The molecule has 0 saturated heterocycles. The lowest BCUT2D eigenvalue weighted by atomic mass is 10.2. The highest BCUT2D eigenvalue weighted by molar-refractivity contribution is 7.12. The van der Waals surface area contributed by atoms with Crippen molar-refractivity contribution in [1.29, 1.82) is 0 Å². The Bertz CT molecular complexity index is 628. The Hall–Kier alpha value is -2.21. The summed E-state index contributed by atoms with van der Waals surface area (Å²) in [6.07, 6.45) is 0. The van der Waals surface area contributed by atoms with Gasteiger partial charge in [0.25, 0.3) is 5.91 Å². The fraction of sp³-hybridized carbons (Fsp3) is 0.200. The summed E-state index contributed by atoms with van der Waals surface area (Å²) >= 11 is 1.30. The molecular weight excluding hydrogens is 291 g/mol. The van der Waals surface area contributed by atoms with Gasteiger partial charge in [0.2, 0.25) is 5.91 Å². The molecule has 2 rings (SSSR count). The van der Waals surface area contributed by atoms with Gasteiger partial charge in [0.15, 0.2) is 0 Å². The number of hydrogen-bond acceptors (Lipinski definition) is 3. The van der Waals surface area contributed by atoms with Gasteiger partial charge in [-0.1, -0.05) is 24.3 Å². The second-order valence-electron chi connectivity index (χ2n) is 4.48. The van der Waals surface area contributed by atoms with Gasteiger partial charge >= 0.3 is 0 Å². The van der Waals surface area contributed by atoms with Crippen LogP contribution in [0, 0.1) is 5.82 Å². The van der Waals surface area contributed by atoms with Gasteiger partial charge in [0, 0.05) is 12.1 Å². The van der Waals surface area contributed by atoms with Crippen LogP contribution in [0.4, 0.5) is 4.39 Å². The van der Waals surface area contributed by atoms with Gasteiger partial charge in [-0.2, -0.15) is 0 Å². The second-order valence-corrected chi connectivity index (χ2v) is 5.43. The maximum atomic E-state index is 13.4. The lowest BCUT2D eigenvalue weighted by Gasteiger charge is -2.13. The number of halogens is 1. The summed E-state index contributed by atoms with van der Waals surface area (Å²) < 4.78 is 13.4. The molecule has 2 aromatic rings. The van der Waals surface area contributed by atoms with E-state index in [1.54, 1.807) is 42.6 Å². The Morgan fingerprint density at radius 3 is 2.67 bits per heavy atom. The molecule has 1 unspecified atom stereocenters. The molecular formula is C15H15FN2O2S. The smallest absolute Gasteiger partial charge is 0.261 e. The number of carbonyl (C=O) groups is 2. The summed E-state index contributed by atoms with van der Waals surface area (Å²) in [7, 11) is 0. The van der Waals surface area contributed by atoms with Crippen molar-refractivity contribution in [1.82, 2.24) is 10.6 Å². The second kappa shape index (κ2) is 6.99. The standard InChI is InChI=1S/C15H15FN2O2S/c1-10(18-15(20)13-7-4-8-21-13)14(19)17-9-11-5-2-3-6-12(11)16/h2-8,10H,9H2,1H3,(H,17,19)(H,18,20). The van der Waals surface area contributed by atoms with Gasteiger partial charge in [-0.3, -0.25) is 9.59 Å². The van der Waals surface area contributed by atoms with Crippen molar-refractivity contribution in [2.75, 3.05) is 0 Å². The topological polar surface area (TPSA) is 58.2 Å². The Morgan fingerprint density at radius 2 is 2.00 bits per heavy atom. The van der Waals surface area contributed by atoms with E-state index in [4.69, 9.17) is 0 Å². The Balaban J connectivity index is 1.86. The van der Waals surface area contributed by atoms with E-state index in [0.717, 1.165) is 0 Å². The molecule has 110 valence electrons. The summed E-state index contributed by atoms with van der Waals surface area (Å²) in [6, 6.07) is 8.99. The number of nitrogens with one attached hydrogen (secondary N) is 2. The van der Waals surface area contributed by atoms with E-state index < -0.39 is 6.04 Å². The molecule has 0 aliphatic rings. The van der Waals surface area contributed by atoms with Crippen molar-refractivity contribution in [2.24, 2.45) is 0 Å². The maximum Gasteiger partial charge on any atom is 0.261 e. The quantitative estimate of drug-likeness (QED) is 0.890. The third-order valence-electron chi connectivity index (χ3n) is 2.90. The van der Waals surface area contributed by atoms with Crippen LogP contribution in [0.2, 0.25) is 0 Å². The lowest BCUT2D eigenvalue weighted by molar-refractivity contribution is -0.122. The van der Waals surface area contributed by atoms with E-state index in [0.29, 0.717) is 10.4 Å². The number of benzene rings is 1. The minimum Gasteiger partial charge on any atom is -0.350 e. The van der Waals surface area contributed by atoms with Crippen molar-refractivity contribution in [3.8, 4) is 0 Å². The molecule has 0 bridgehead atoms. The van der Waals surface area contributed by atoms with Crippen molar-refractivity contribution >= 4 is 23.2 Å². The van der Waals surface area contributed by atoms with Crippen molar-refractivity contribution in [3.05, 3.63) is 58.0 Å². The molecule has 2 N–H and O–H groups in total. The van der Waals surface area contributed by atoms with E-state index in [-0.39, 0.29) is 24.2 Å². The van der Waals surface area contributed by atoms with Gasteiger partial charge in [-0.15, -0.1) is 11.3 Å². The highest BCUT2D eigenvalue weighted by atomic mass is 32.1. The van der Waals surface area contributed by atoms with Crippen LogP contribution in [0.5, 0.6) is 0 Å². The number of amides is 2. The third kappa shape index (κ3) is 4.13. The van der Waals surface area contributed by atoms with Crippen molar-refractivity contribution < 1.29 is 14.0 Å². The van der Waals surface area contributed by atoms with Gasteiger partial charge in [-0.25, -0.2) is 4.39 Å². The zero-order valence-electron chi connectivity index (χ0n) is 11.4.